The number of benzene rings is 1. The van der Waals surface area contributed by atoms with Crippen LogP contribution < -0.4 is 0 Å². The lowest BCUT2D eigenvalue weighted by molar-refractivity contribution is 0.0673. The van der Waals surface area contributed by atoms with E-state index in [2.05, 4.69) is 15.1 Å². The van der Waals surface area contributed by atoms with Gasteiger partial charge in [0.2, 0.25) is 0 Å². The molecule has 3 aromatic rings. The maximum atomic E-state index is 12.9. The first-order valence-electron chi connectivity index (χ1n) is 8.20. The fraction of sp³-hybridized carbons (Fsp3) is 0.412. The first-order valence-corrected chi connectivity index (χ1v) is 8.20. The van der Waals surface area contributed by atoms with Gasteiger partial charge in [-0.15, -0.1) is 0 Å². The highest BCUT2D eigenvalue weighted by Gasteiger charge is 2.26. The number of carbonyl (C=O) groups is 1. The Balaban J connectivity index is 1.58. The highest BCUT2D eigenvalue weighted by atomic mass is 16.2. The predicted octanol–water partition coefficient (Wildman–Crippen LogP) is 1.95. The van der Waals surface area contributed by atoms with Crippen molar-refractivity contribution in [1.29, 1.82) is 0 Å². The summed E-state index contributed by atoms with van der Waals surface area (Å²) in [7, 11) is 1.99. The lowest BCUT2D eigenvalue weighted by atomic mass is 10.0. The van der Waals surface area contributed by atoms with E-state index in [1.165, 1.54) is 6.33 Å². The molecule has 0 N–H and O–H groups in total. The summed E-state index contributed by atoms with van der Waals surface area (Å²) in [6.07, 6.45) is 5.26. The SMILES string of the molecule is Cc1nc2cc(C(=O)N3CCC[C@H](n4cncn4)C3)ccc2n1C. The average molecular weight is 324 g/mol. The van der Waals surface area contributed by atoms with Crippen LogP contribution in [0.25, 0.3) is 11.0 Å². The van der Waals surface area contributed by atoms with Crippen LogP contribution in [0, 0.1) is 6.92 Å². The molecule has 0 spiro atoms. The topological polar surface area (TPSA) is 68.8 Å². The summed E-state index contributed by atoms with van der Waals surface area (Å²) in [6, 6.07) is 5.96. The van der Waals surface area contributed by atoms with Crippen LogP contribution in [-0.2, 0) is 7.05 Å². The summed E-state index contributed by atoms with van der Waals surface area (Å²) in [5.74, 6) is 1.00. The molecule has 1 atom stereocenters. The van der Waals surface area contributed by atoms with Crippen molar-refractivity contribution in [3.8, 4) is 0 Å². The number of rotatable bonds is 2. The Morgan fingerprint density at radius 2 is 2.21 bits per heavy atom. The van der Waals surface area contributed by atoms with Gasteiger partial charge in [-0.25, -0.2) is 14.6 Å². The van der Waals surface area contributed by atoms with E-state index < -0.39 is 0 Å². The molecule has 0 aliphatic carbocycles. The van der Waals surface area contributed by atoms with Gasteiger partial charge in [0.15, 0.2) is 0 Å². The molecule has 7 nitrogen and oxygen atoms in total. The van der Waals surface area contributed by atoms with Crippen molar-refractivity contribution in [2.45, 2.75) is 25.8 Å². The molecule has 124 valence electrons. The van der Waals surface area contributed by atoms with Gasteiger partial charge >= 0.3 is 0 Å². The van der Waals surface area contributed by atoms with Crippen molar-refractivity contribution in [1.82, 2.24) is 29.2 Å². The standard InChI is InChI=1S/C17H20N6O/c1-12-20-15-8-13(5-6-16(15)21(12)2)17(24)22-7-3-4-14(9-22)23-11-18-10-19-23/h5-6,8,10-11,14H,3-4,7,9H2,1-2H3/t14-/m0/s1. The van der Waals surface area contributed by atoms with E-state index in [4.69, 9.17) is 0 Å². The van der Waals surface area contributed by atoms with Crippen LogP contribution in [0.4, 0.5) is 0 Å². The Morgan fingerprint density at radius 3 is 3.00 bits per heavy atom. The number of amides is 1. The molecule has 4 rings (SSSR count). The number of likely N-dealkylation sites (tertiary alicyclic amines) is 1. The van der Waals surface area contributed by atoms with Gasteiger partial charge in [0.05, 0.1) is 17.1 Å². The summed E-state index contributed by atoms with van der Waals surface area (Å²) < 4.78 is 3.88. The molecule has 24 heavy (non-hydrogen) atoms. The van der Waals surface area contributed by atoms with E-state index in [0.29, 0.717) is 12.1 Å². The molecule has 1 amide bonds. The number of aromatic nitrogens is 5. The average Bonchev–Trinajstić information content (AvgIpc) is 3.23. The van der Waals surface area contributed by atoms with E-state index in [0.717, 1.165) is 36.2 Å². The zero-order chi connectivity index (χ0) is 16.7. The number of carbonyl (C=O) groups excluding carboxylic acids is 1. The van der Waals surface area contributed by atoms with E-state index >= 15 is 0 Å². The second-order valence-corrected chi connectivity index (χ2v) is 6.34. The zero-order valence-corrected chi connectivity index (χ0v) is 13.9. The van der Waals surface area contributed by atoms with Gasteiger partial charge in [-0.3, -0.25) is 4.79 Å². The van der Waals surface area contributed by atoms with E-state index in [9.17, 15) is 4.79 Å². The maximum Gasteiger partial charge on any atom is 0.254 e. The monoisotopic (exact) mass is 324 g/mol. The summed E-state index contributed by atoms with van der Waals surface area (Å²) in [4.78, 5) is 23.3. The minimum atomic E-state index is 0.0602. The van der Waals surface area contributed by atoms with Crippen molar-refractivity contribution >= 4 is 16.9 Å². The molecule has 0 saturated carbocycles. The first-order chi connectivity index (χ1) is 11.6. The fourth-order valence-electron chi connectivity index (χ4n) is 3.40. The molecule has 3 heterocycles. The summed E-state index contributed by atoms with van der Waals surface area (Å²) in [5.41, 5.74) is 2.61. The van der Waals surface area contributed by atoms with Gasteiger partial charge in [0.1, 0.15) is 18.5 Å². The summed E-state index contributed by atoms with van der Waals surface area (Å²) in [5, 5.41) is 4.21. The number of piperidine rings is 1. The quantitative estimate of drug-likeness (QED) is 0.722. The fourth-order valence-corrected chi connectivity index (χ4v) is 3.40. The minimum Gasteiger partial charge on any atom is -0.336 e. The number of fused-ring (bicyclic) bond motifs is 1. The van der Waals surface area contributed by atoms with Crippen LogP contribution >= 0.6 is 0 Å². The maximum absolute atomic E-state index is 12.9. The van der Waals surface area contributed by atoms with Gasteiger partial charge in [0, 0.05) is 25.7 Å². The summed E-state index contributed by atoms with van der Waals surface area (Å²) >= 11 is 0. The number of hydrogen-bond donors (Lipinski definition) is 0. The second-order valence-electron chi connectivity index (χ2n) is 6.34. The molecule has 1 saturated heterocycles. The Morgan fingerprint density at radius 1 is 1.33 bits per heavy atom. The van der Waals surface area contributed by atoms with Crippen molar-refractivity contribution in [2.24, 2.45) is 7.05 Å². The van der Waals surface area contributed by atoms with Crippen molar-refractivity contribution in [3.05, 3.63) is 42.2 Å². The Kier molecular flexibility index (Phi) is 3.55. The molecule has 0 radical (unpaired) electrons. The highest BCUT2D eigenvalue weighted by Crippen LogP contribution is 2.23. The van der Waals surface area contributed by atoms with E-state index in [1.807, 2.05) is 46.3 Å². The number of nitrogens with zero attached hydrogens (tertiary/aromatic N) is 6. The molecule has 7 heteroatoms. The number of imidazole rings is 1. The molecule has 1 aliphatic rings. The second kappa shape index (κ2) is 5.74. The Bertz CT molecular complexity index is 882. The highest BCUT2D eigenvalue weighted by molar-refractivity contribution is 5.97. The third kappa shape index (κ3) is 2.46. The van der Waals surface area contributed by atoms with E-state index in [-0.39, 0.29) is 11.9 Å². The molecule has 2 aromatic heterocycles. The van der Waals surface area contributed by atoms with Gasteiger partial charge in [-0.05, 0) is 38.0 Å². The van der Waals surface area contributed by atoms with Crippen LogP contribution in [0.1, 0.15) is 35.1 Å². The van der Waals surface area contributed by atoms with Crippen LogP contribution in [0.15, 0.2) is 30.9 Å². The number of hydrogen-bond acceptors (Lipinski definition) is 4. The van der Waals surface area contributed by atoms with E-state index in [1.54, 1.807) is 6.33 Å². The third-order valence-electron chi connectivity index (χ3n) is 4.85. The normalized spacial score (nSPS) is 18.2. The largest absolute Gasteiger partial charge is 0.336 e. The Labute approximate surface area is 139 Å². The van der Waals surface area contributed by atoms with Crippen LogP contribution in [0.3, 0.4) is 0 Å². The van der Waals surface area contributed by atoms with Crippen LogP contribution in [0.5, 0.6) is 0 Å². The molecular formula is C17H20N6O. The zero-order valence-electron chi connectivity index (χ0n) is 13.9. The lowest BCUT2D eigenvalue weighted by Gasteiger charge is -2.32. The molecule has 0 unspecified atom stereocenters. The molecule has 1 fully saturated rings. The van der Waals surface area contributed by atoms with Gasteiger partial charge in [-0.1, -0.05) is 0 Å². The number of aryl methyl sites for hydroxylation is 2. The molecule has 1 aromatic carbocycles. The van der Waals surface area contributed by atoms with Crippen molar-refractivity contribution < 1.29 is 4.79 Å². The van der Waals surface area contributed by atoms with Crippen LogP contribution in [-0.4, -0.2) is 48.2 Å². The molecule has 1 aliphatic heterocycles. The van der Waals surface area contributed by atoms with Crippen molar-refractivity contribution in [2.75, 3.05) is 13.1 Å². The predicted molar refractivity (Wildman–Crippen MR) is 89.6 cm³/mol. The van der Waals surface area contributed by atoms with Gasteiger partial charge in [-0.2, -0.15) is 5.10 Å². The minimum absolute atomic E-state index is 0.0602. The van der Waals surface area contributed by atoms with Gasteiger partial charge in [0.25, 0.3) is 5.91 Å². The Hall–Kier alpha value is -2.70. The lowest BCUT2D eigenvalue weighted by Crippen LogP contribution is -2.40. The third-order valence-corrected chi connectivity index (χ3v) is 4.85. The van der Waals surface area contributed by atoms with Crippen molar-refractivity contribution in [3.63, 3.8) is 0 Å². The molecule has 0 bridgehead atoms. The first kappa shape index (κ1) is 14.9. The smallest absolute Gasteiger partial charge is 0.254 e. The van der Waals surface area contributed by atoms with Gasteiger partial charge < -0.3 is 9.47 Å². The van der Waals surface area contributed by atoms with Crippen LogP contribution in [0.2, 0.25) is 0 Å². The summed E-state index contributed by atoms with van der Waals surface area (Å²) in [6.45, 7) is 3.42. The molecular weight excluding hydrogens is 304 g/mol.